The molecule has 0 aromatic heterocycles. The number of nitriles is 5. The highest BCUT2D eigenvalue weighted by Gasteiger charge is 2.23. The molecule has 1 unspecified atom stereocenters. The van der Waals surface area contributed by atoms with Crippen LogP contribution >= 0.6 is 0 Å². The summed E-state index contributed by atoms with van der Waals surface area (Å²) in [6, 6.07) is 54.0. The van der Waals surface area contributed by atoms with E-state index in [1.807, 2.05) is 109 Å². The van der Waals surface area contributed by atoms with Crippen molar-refractivity contribution in [3.8, 4) is 30.3 Å². The molecule has 5 aromatic carbocycles. The van der Waals surface area contributed by atoms with Crippen LogP contribution in [0.3, 0.4) is 0 Å². The minimum Gasteiger partial charge on any atom is -0.337 e. The van der Waals surface area contributed by atoms with Gasteiger partial charge in [-0.1, -0.05) is 84.9 Å². The molecule has 0 N–H and O–H groups in total. The van der Waals surface area contributed by atoms with Gasteiger partial charge in [0, 0.05) is 41.4 Å². The number of hydrogen-bond acceptors (Lipinski definition) is 7. The van der Waals surface area contributed by atoms with E-state index in [0.29, 0.717) is 35.4 Å². The Morgan fingerprint density at radius 2 is 0.939 bits per heavy atom. The van der Waals surface area contributed by atoms with Gasteiger partial charge in [0.15, 0.2) is 5.92 Å². The molecule has 0 fully saturated rings. The van der Waals surface area contributed by atoms with Gasteiger partial charge >= 0.3 is 0 Å². The highest BCUT2D eigenvalue weighted by atomic mass is 15.1. The van der Waals surface area contributed by atoms with E-state index >= 15 is 0 Å². The van der Waals surface area contributed by atoms with Crippen molar-refractivity contribution in [1.82, 2.24) is 0 Å². The van der Waals surface area contributed by atoms with Crippen molar-refractivity contribution in [3.05, 3.63) is 161 Å². The van der Waals surface area contributed by atoms with Gasteiger partial charge in [-0.25, -0.2) is 0 Å². The summed E-state index contributed by atoms with van der Waals surface area (Å²) in [6.07, 6.45) is 0. The molecule has 0 aliphatic rings. The smallest absolute Gasteiger partial charge is 0.153 e. The molecule has 1 atom stereocenters. The molecule has 0 bridgehead atoms. The number of rotatable bonds is 11. The number of hydrogen-bond donors (Lipinski definition) is 0. The summed E-state index contributed by atoms with van der Waals surface area (Å²) < 4.78 is 0. The predicted octanol–water partition coefficient (Wildman–Crippen LogP) is 9.45. The van der Waals surface area contributed by atoms with Gasteiger partial charge in [0.1, 0.15) is 12.0 Å². The number of benzene rings is 5. The van der Waals surface area contributed by atoms with Crippen molar-refractivity contribution >= 4 is 28.3 Å². The molecule has 0 heterocycles. The Bertz CT molecular complexity index is 2110. The zero-order chi connectivity index (χ0) is 34.6. The molecule has 0 amide bonds. The van der Waals surface area contributed by atoms with Gasteiger partial charge in [0.2, 0.25) is 0 Å². The molecule has 0 saturated heterocycles. The van der Waals surface area contributed by atoms with Gasteiger partial charge in [0.05, 0.1) is 29.8 Å². The van der Waals surface area contributed by atoms with E-state index in [-0.39, 0.29) is 0 Å². The van der Waals surface area contributed by atoms with Gasteiger partial charge in [-0.05, 0) is 77.7 Å². The van der Waals surface area contributed by atoms with Crippen LogP contribution in [0.25, 0.3) is 5.57 Å². The molecule has 49 heavy (non-hydrogen) atoms. The molecule has 0 spiro atoms. The Hall–Kier alpha value is -7.11. The third-order valence-corrected chi connectivity index (χ3v) is 8.28. The van der Waals surface area contributed by atoms with Crippen molar-refractivity contribution in [2.75, 3.05) is 9.80 Å². The summed E-state index contributed by atoms with van der Waals surface area (Å²) in [5, 5.41) is 47.2. The quantitative estimate of drug-likeness (QED) is 0.133. The highest BCUT2D eigenvalue weighted by molar-refractivity contribution is 5.82. The van der Waals surface area contributed by atoms with Crippen molar-refractivity contribution in [2.24, 2.45) is 5.92 Å². The molecule has 0 radical (unpaired) electrons. The zero-order valence-corrected chi connectivity index (χ0v) is 26.9. The SMILES string of the molecule is C/C(C#N)=C(/C#N)c1ccc(N(Cc2ccc(CN(c3ccccc3)c3ccc(C(C#N)C(C#N)C#N)cc3)cc2)c2ccccc2)cc1. The Labute approximate surface area is 287 Å². The molecular formula is C42H31N7. The van der Waals surface area contributed by atoms with Gasteiger partial charge in [-0.15, -0.1) is 0 Å². The maximum absolute atomic E-state index is 9.65. The number of para-hydroxylation sites is 2. The van der Waals surface area contributed by atoms with Gasteiger partial charge in [-0.2, -0.15) is 26.3 Å². The summed E-state index contributed by atoms with van der Waals surface area (Å²) in [5.74, 6) is -1.86. The van der Waals surface area contributed by atoms with Crippen LogP contribution in [0.5, 0.6) is 0 Å². The lowest BCUT2D eigenvalue weighted by Crippen LogP contribution is -2.18. The minimum atomic E-state index is -1.04. The normalized spacial score (nSPS) is 11.4. The summed E-state index contributed by atoms with van der Waals surface area (Å²) >= 11 is 0. The van der Waals surface area contributed by atoms with Gasteiger partial charge < -0.3 is 9.80 Å². The molecule has 0 saturated carbocycles. The number of nitrogens with zero attached hydrogens (tertiary/aromatic N) is 7. The standard InChI is InChI=1S/C42H31N7/c1-31(24-43)41(27-46)34-16-20-39(21-17-34)48(37-8-4-2-5-9-37)29-32-12-14-33(15-13-32)30-49(38-10-6-3-7-11-38)40-22-18-35(19-23-40)42(28-47)36(25-44)26-45/h2-23,36,42H,29-30H2,1H3/b41-31+. The van der Waals surface area contributed by atoms with Crippen LogP contribution in [-0.4, -0.2) is 0 Å². The van der Waals surface area contributed by atoms with Crippen LogP contribution in [0.15, 0.2) is 139 Å². The Balaban J connectivity index is 1.40. The van der Waals surface area contributed by atoms with E-state index < -0.39 is 11.8 Å². The fourth-order valence-electron chi connectivity index (χ4n) is 5.60. The first-order valence-electron chi connectivity index (χ1n) is 15.6. The Morgan fingerprint density at radius 3 is 1.33 bits per heavy atom. The first-order chi connectivity index (χ1) is 24.0. The Morgan fingerprint density at radius 1 is 0.510 bits per heavy atom. The Kier molecular flexibility index (Phi) is 10.8. The van der Waals surface area contributed by atoms with E-state index in [2.05, 4.69) is 64.4 Å². The summed E-state index contributed by atoms with van der Waals surface area (Å²) in [4.78, 5) is 4.39. The van der Waals surface area contributed by atoms with E-state index in [4.69, 9.17) is 0 Å². The lowest BCUT2D eigenvalue weighted by Gasteiger charge is -2.27. The largest absolute Gasteiger partial charge is 0.337 e. The summed E-state index contributed by atoms with van der Waals surface area (Å²) in [7, 11) is 0. The molecule has 5 aromatic rings. The summed E-state index contributed by atoms with van der Waals surface area (Å²) in [6.45, 7) is 2.85. The maximum Gasteiger partial charge on any atom is 0.153 e. The summed E-state index contributed by atoms with van der Waals surface area (Å²) in [5.41, 5.74) is 8.20. The molecule has 7 heteroatoms. The number of allylic oxidation sites excluding steroid dienone is 2. The lowest BCUT2D eigenvalue weighted by molar-refractivity contribution is 0.744. The highest BCUT2D eigenvalue weighted by Crippen LogP contribution is 2.32. The first-order valence-corrected chi connectivity index (χ1v) is 15.6. The first kappa shape index (κ1) is 33.3. The van der Waals surface area contributed by atoms with Gasteiger partial charge in [0.25, 0.3) is 0 Å². The van der Waals surface area contributed by atoms with E-state index in [1.165, 1.54) is 0 Å². The fraction of sp³-hybridized carbons (Fsp3) is 0.119. The number of anilines is 4. The average molecular weight is 634 g/mol. The second kappa shape index (κ2) is 15.9. The third kappa shape index (κ3) is 7.83. The van der Waals surface area contributed by atoms with Gasteiger partial charge in [-0.3, -0.25) is 0 Å². The predicted molar refractivity (Wildman–Crippen MR) is 191 cm³/mol. The van der Waals surface area contributed by atoms with Crippen molar-refractivity contribution < 1.29 is 0 Å². The topological polar surface area (TPSA) is 125 Å². The van der Waals surface area contributed by atoms with Crippen LogP contribution in [0.4, 0.5) is 22.7 Å². The second-order valence-electron chi connectivity index (χ2n) is 11.4. The second-order valence-corrected chi connectivity index (χ2v) is 11.4. The molecule has 0 aliphatic carbocycles. The monoisotopic (exact) mass is 633 g/mol. The van der Waals surface area contributed by atoms with Crippen LogP contribution in [0.2, 0.25) is 0 Å². The van der Waals surface area contributed by atoms with Crippen LogP contribution < -0.4 is 9.80 Å². The van der Waals surface area contributed by atoms with E-state index in [1.54, 1.807) is 6.92 Å². The van der Waals surface area contributed by atoms with Crippen LogP contribution in [0.1, 0.15) is 35.1 Å². The van der Waals surface area contributed by atoms with E-state index in [0.717, 1.165) is 33.9 Å². The molecule has 7 nitrogen and oxygen atoms in total. The molecule has 5 rings (SSSR count). The zero-order valence-electron chi connectivity index (χ0n) is 26.9. The molecule has 234 valence electrons. The average Bonchev–Trinajstić information content (AvgIpc) is 3.17. The van der Waals surface area contributed by atoms with Crippen LogP contribution in [-0.2, 0) is 13.1 Å². The maximum atomic E-state index is 9.65. The third-order valence-electron chi connectivity index (χ3n) is 8.28. The minimum absolute atomic E-state index is 0.370. The van der Waals surface area contributed by atoms with Crippen molar-refractivity contribution in [1.29, 1.82) is 26.3 Å². The van der Waals surface area contributed by atoms with Crippen molar-refractivity contribution in [3.63, 3.8) is 0 Å². The van der Waals surface area contributed by atoms with Crippen molar-refractivity contribution in [2.45, 2.75) is 25.9 Å². The molecule has 0 aliphatic heterocycles. The van der Waals surface area contributed by atoms with E-state index in [9.17, 15) is 26.3 Å². The molecular weight excluding hydrogens is 603 g/mol. The van der Waals surface area contributed by atoms with Crippen LogP contribution in [0, 0.1) is 62.6 Å². The lowest BCUT2D eigenvalue weighted by atomic mass is 9.89. The fourth-order valence-corrected chi connectivity index (χ4v) is 5.60.